The minimum Gasteiger partial charge on any atom is -0.309 e. The molecule has 0 amide bonds. The summed E-state index contributed by atoms with van der Waals surface area (Å²) >= 11 is 3.35. The van der Waals surface area contributed by atoms with Gasteiger partial charge < -0.3 is 4.98 Å². The SMILES string of the molecule is CC(C)c1nc(C2(c3ccccc3)CC2)[nH]c(=O)c1Br. The number of hydrogen-bond acceptors (Lipinski definition) is 2. The summed E-state index contributed by atoms with van der Waals surface area (Å²) in [5.74, 6) is 1.03. The molecule has 1 aliphatic rings. The summed E-state index contributed by atoms with van der Waals surface area (Å²) in [6.45, 7) is 4.11. The first-order valence-corrected chi connectivity index (χ1v) is 7.69. The van der Waals surface area contributed by atoms with Crippen molar-refractivity contribution in [1.82, 2.24) is 9.97 Å². The molecule has 104 valence electrons. The van der Waals surface area contributed by atoms with Crippen LogP contribution in [0.2, 0.25) is 0 Å². The molecule has 0 atom stereocenters. The van der Waals surface area contributed by atoms with Gasteiger partial charge in [0.1, 0.15) is 10.3 Å². The first-order valence-electron chi connectivity index (χ1n) is 6.90. The van der Waals surface area contributed by atoms with E-state index in [2.05, 4.69) is 46.9 Å². The van der Waals surface area contributed by atoms with E-state index >= 15 is 0 Å². The largest absolute Gasteiger partial charge is 0.309 e. The van der Waals surface area contributed by atoms with Crippen molar-refractivity contribution >= 4 is 15.9 Å². The highest BCUT2D eigenvalue weighted by Crippen LogP contribution is 2.52. The molecule has 1 heterocycles. The second-order valence-corrected chi connectivity index (χ2v) is 6.51. The molecule has 3 nitrogen and oxygen atoms in total. The van der Waals surface area contributed by atoms with Gasteiger partial charge in [-0.2, -0.15) is 0 Å². The van der Waals surface area contributed by atoms with Gasteiger partial charge in [-0.25, -0.2) is 4.98 Å². The number of hydrogen-bond donors (Lipinski definition) is 1. The molecule has 1 saturated carbocycles. The molecule has 1 aromatic heterocycles. The van der Waals surface area contributed by atoms with Crippen molar-refractivity contribution in [1.29, 1.82) is 0 Å². The Kier molecular flexibility index (Phi) is 3.28. The van der Waals surface area contributed by atoms with Crippen LogP contribution in [-0.4, -0.2) is 9.97 Å². The van der Waals surface area contributed by atoms with Gasteiger partial charge in [-0.1, -0.05) is 44.2 Å². The number of benzene rings is 1. The summed E-state index contributed by atoms with van der Waals surface area (Å²) in [5.41, 5.74) is 1.90. The molecule has 0 unspecified atom stereocenters. The van der Waals surface area contributed by atoms with E-state index in [-0.39, 0.29) is 16.9 Å². The highest BCUT2D eigenvalue weighted by molar-refractivity contribution is 9.10. The third-order valence-corrected chi connectivity index (χ3v) is 4.73. The Morgan fingerprint density at radius 1 is 1.25 bits per heavy atom. The Labute approximate surface area is 126 Å². The molecule has 0 spiro atoms. The van der Waals surface area contributed by atoms with Gasteiger partial charge in [0.25, 0.3) is 5.56 Å². The van der Waals surface area contributed by atoms with Crippen molar-refractivity contribution in [3.05, 3.63) is 62.2 Å². The molecule has 0 bridgehead atoms. The monoisotopic (exact) mass is 332 g/mol. The van der Waals surface area contributed by atoms with E-state index in [0.29, 0.717) is 4.47 Å². The fourth-order valence-corrected chi connectivity index (χ4v) is 3.28. The molecule has 1 aromatic carbocycles. The van der Waals surface area contributed by atoms with Crippen LogP contribution >= 0.6 is 15.9 Å². The molecule has 3 rings (SSSR count). The fraction of sp³-hybridized carbons (Fsp3) is 0.375. The van der Waals surface area contributed by atoms with Crippen LogP contribution in [0.4, 0.5) is 0 Å². The number of nitrogens with zero attached hydrogens (tertiary/aromatic N) is 1. The summed E-state index contributed by atoms with van der Waals surface area (Å²) in [4.78, 5) is 19.8. The summed E-state index contributed by atoms with van der Waals surface area (Å²) in [6.07, 6.45) is 2.08. The Hall–Kier alpha value is -1.42. The molecule has 0 aliphatic heterocycles. The minimum absolute atomic E-state index is 0.0825. The second-order valence-electron chi connectivity index (χ2n) is 5.72. The van der Waals surface area contributed by atoms with Gasteiger partial charge >= 0.3 is 0 Å². The summed E-state index contributed by atoms with van der Waals surface area (Å²) in [5, 5.41) is 0. The lowest BCUT2D eigenvalue weighted by Crippen LogP contribution is -2.22. The maximum Gasteiger partial charge on any atom is 0.265 e. The fourth-order valence-electron chi connectivity index (χ4n) is 2.63. The molecule has 20 heavy (non-hydrogen) atoms. The number of rotatable bonds is 3. The zero-order valence-corrected chi connectivity index (χ0v) is 13.2. The van der Waals surface area contributed by atoms with Crippen LogP contribution in [0.1, 0.15) is 49.7 Å². The molecule has 4 heteroatoms. The molecular formula is C16H17BrN2O. The zero-order valence-electron chi connectivity index (χ0n) is 11.6. The van der Waals surface area contributed by atoms with E-state index in [1.807, 2.05) is 18.2 Å². The first kappa shape index (κ1) is 13.6. The van der Waals surface area contributed by atoms with Gasteiger partial charge in [-0.05, 0) is 40.3 Å². The van der Waals surface area contributed by atoms with Crippen LogP contribution in [0.5, 0.6) is 0 Å². The van der Waals surface area contributed by atoms with Gasteiger partial charge in [-0.15, -0.1) is 0 Å². The number of aromatic amines is 1. The van der Waals surface area contributed by atoms with Crippen molar-refractivity contribution in [2.24, 2.45) is 0 Å². The smallest absolute Gasteiger partial charge is 0.265 e. The Bertz CT molecular complexity index is 687. The van der Waals surface area contributed by atoms with Gasteiger partial charge in [0.05, 0.1) is 11.1 Å². The van der Waals surface area contributed by atoms with Crippen molar-refractivity contribution in [3.63, 3.8) is 0 Å². The van der Waals surface area contributed by atoms with Crippen LogP contribution in [0, 0.1) is 0 Å². The molecule has 0 radical (unpaired) electrons. The van der Waals surface area contributed by atoms with Crippen molar-refractivity contribution in [3.8, 4) is 0 Å². The molecular weight excluding hydrogens is 316 g/mol. The van der Waals surface area contributed by atoms with Crippen LogP contribution in [-0.2, 0) is 5.41 Å². The third-order valence-electron chi connectivity index (χ3n) is 3.96. The van der Waals surface area contributed by atoms with Crippen molar-refractivity contribution in [2.75, 3.05) is 0 Å². The Morgan fingerprint density at radius 2 is 1.90 bits per heavy atom. The highest BCUT2D eigenvalue weighted by Gasteiger charge is 2.48. The standard InChI is InChI=1S/C16H17BrN2O/c1-10(2)13-12(17)14(20)19-15(18-13)16(8-9-16)11-6-4-3-5-7-11/h3-7,10H,8-9H2,1-2H3,(H,18,19,20). The first-order chi connectivity index (χ1) is 9.54. The molecule has 2 aromatic rings. The lowest BCUT2D eigenvalue weighted by molar-refractivity contribution is 0.703. The van der Waals surface area contributed by atoms with Gasteiger partial charge in [0.2, 0.25) is 0 Å². The summed E-state index contributed by atoms with van der Waals surface area (Å²) in [7, 11) is 0. The van der Waals surface area contributed by atoms with E-state index in [0.717, 1.165) is 24.4 Å². The van der Waals surface area contributed by atoms with E-state index in [9.17, 15) is 4.79 Å². The Morgan fingerprint density at radius 3 is 2.45 bits per heavy atom. The second kappa shape index (κ2) is 4.85. The van der Waals surface area contributed by atoms with Crippen molar-refractivity contribution < 1.29 is 0 Å². The average Bonchev–Trinajstić information content (AvgIpc) is 3.24. The summed E-state index contributed by atoms with van der Waals surface area (Å²) in [6, 6.07) is 10.3. The number of halogens is 1. The quantitative estimate of drug-likeness (QED) is 0.930. The van der Waals surface area contributed by atoms with Crippen LogP contribution < -0.4 is 5.56 Å². The van der Waals surface area contributed by atoms with E-state index in [4.69, 9.17) is 4.98 Å². The van der Waals surface area contributed by atoms with Gasteiger partial charge in [-0.3, -0.25) is 4.79 Å². The van der Waals surface area contributed by atoms with Crippen LogP contribution in [0.3, 0.4) is 0 Å². The topological polar surface area (TPSA) is 45.8 Å². The number of H-pyrrole nitrogens is 1. The average molecular weight is 333 g/mol. The highest BCUT2D eigenvalue weighted by atomic mass is 79.9. The van der Waals surface area contributed by atoms with E-state index < -0.39 is 0 Å². The molecule has 1 aliphatic carbocycles. The maximum absolute atomic E-state index is 12.1. The summed E-state index contributed by atoms with van der Waals surface area (Å²) < 4.78 is 0.556. The molecule has 1 fully saturated rings. The Balaban J connectivity index is 2.14. The van der Waals surface area contributed by atoms with E-state index in [1.165, 1.54) is 5.56 Å². The number of aromatic nitrogens is 2. The normalized spacial score (nSPS) is 16.4. The van der Waals surface area contributed by atoms with Crippen molar-refractivity contribution in [2.45, 2.75) is 38.0 Å². The number of nitrogens with one attached hydrogen (secondary N) is 1. The minimum atomic E-state index is -0.0925. The zero-order chi connectivity index (χ0) is 14.3. The molecule has 1 N–H and O–H groups in total. The predicted molar refractivity (Wildman–Crippen MR) is 83.1 cm³/mol. The maximum atomic E-state index is 12.1. The van der Waals surface area contributed by atoms with Crippen LogP contribution in [0.15, 0.2) is 39.6 Å². The third kappa shape index (κ3) is 2.12. The molecule has 0 saturated heterocycles. The van der Waals surface area contributed by atoms with E-state index in [1.54, 1.807) is 0 Å². The van der Waals surface area contributed by atoms with Gasteiger partial charge in [0, 0.05) is 0 Å². The van der Waals surface area contributed by atoms with Crippen LogP contribution in [0.25, 0.3) is 0 Å². The lowest BCUT2D eigenvalue weighted by atomic mass is 9.95. The van der Waals surface area contributed by atoms with Gasteiger partial charge in [0.15, 0.2) is 0 Å². The lowest BCUT2D eigenvalue weighted by Gasteiger charge is -2.17. The predicted octanol–water partition coefficient (Wildman–Crippen LogP) is 3.74.